The zero-order valence-electron chi connectivity index (χ0n) is 12.2. The summed E-state index contributed by atoms with van der Waals surface area (Å²) in [4.78, 5) is 22.1. The summed E-state index contributed by atoms with van der Waals surface area (Å²) in [6, 6.07) is 0. The third-order valence-electron chi connectivity index (χ3n) is 2.62. The predicted octanol–water partition coefficient (Wildman–Crippen LogP) is 1.52. The van der Waals surface area contributed by atoms with Crippen LogP contribution in [-0.4, -0.2) is 41.7 Å². The van der Waals surface area contributed by atoms with Gasteiger partial charge in [-0.3, -0.25) is 9.59 Å². The van der Waals surface area contributed by atoms with Crippen LogP contribution in [0.4, 0.5) is 0 Å². The average Bonchev–Trinajstić information content (AvgIpc) is 2.38. The zero-order chi connectivity index (χ0) is 15.2. The number of esters is 2. The molecule has 0 saturated carbocycles. The molecule has 0 aromatic rings. The van der Waals surface area contributed by atoms with Gasteiger partial charge < -0.3 is 19.7 Å². The van der Waals surface area contributed by atoms with Gasteiger partial charge in [-0.15, -0.1) is 0 Å². The Morgan fingerprint density at radius 2 is 1.40 bits per heavy atom. The number of rotatable bonds is 2. The van der Waals surface area contributed by atoms with E-state index in [1.807, 2.05) is 6.92 Å². The van der Waals surface area contributed by atoms with Gasteiger partial charge in [-0.05, 0) is 32.1 Å². The molecule has 118 valence electrons. The Balaban J connectivity index is 0.000000511. The highest BCUT2D eigenvalue weighted by Gasteiger charge is 2.07. The molecule has 0 aromatic carbocycles. The molecule has 0 unspecified atom stereocenters. The summed E-state index contributed by atoms with van der Waals surface area (Å²) in [7, 11) is 0. The minimum Gasteiger partial charge on any atom is -0.466 e. The van der Waals surface area contributed by atoms with Crippen LogP contribution in [0.5, 0.6) is 0 Å². The SMILES string of the molecule is CCCC(O)O.O=C1CCCCC(=O)OCCCCO1. The van der Waals surface area contributed by atoms with Crippen molar-refractivity contribution in [3.63, 3.8) is 0 Å². The van der Waals surface area contributed by atoms with Crippen LogP contribution in [0.15, 0.2) is 0 Å². The summed E-state index contributed by atoms with van der Waals surface area (Å²) in [5.41, 5.74) is 0. The second kappa shape index (κ2) is 12.9. The molecule has 1 saturated heterocycles. The van der Waals surface area contributed by atoms with E-state index in [2.05, 4.69) is 0 Å². The smallest absolute Gasteiger partial charge is 0.305 e. The first-order valence-corrected chi connectivity index (χ1v) is 7.23. The lowest BCUT2D eigenvalue weighted by atomic mass is 10.2. The minimum atomic E-state index is -1.10. The van der Waals surface area contributed by atoms with Crippen molar-refractivity contribution < 1.29 is 29.3 Å². The van der Waals surface area contributed by atoms with Crippen molar-refractivity contribution in [3.05, 3.63) is 0 Å². The van der Waals surface area contributed by atoms with Gasteiger partial charge >= 0.3 is 11.9 Å². The van der Waals surface area contributed by atoms with Crippen molar-refractivity contribution in [1.29, 1.82) is 0 Å². The number of hydrogen-bond donors (Lipinski definition) is 2. The van der Waals surface area contributed by atoms with Crippen molar-refractivity contribution in [2.45, 2.75) is 64.6 Å². The van der Waals surface area contributed by atoms with Crippen LogP contribution in [-0.2, 0) is 19.1 Å². The molecule has 0 aliphatic carbocycles. The molecular weight excluding hydrogens is 264 g/mol. The molecule has 0 radical (unpaired) electrons. The Bertz CT molecular complexity index is 242. The fourth-order valence-electron chi connectivity index (χ4n) is 1.52. The van der Waals surface area contributed by atoms with E-state index in [-0.39, 0.29) is 11.9 Å². The average molecular weight is 290 g/mol. The molecule has 0 aromatic heterocycles. The molecule has 20 heavy (non-hydrogen) atoms. The molecule has 1 heterocycles. The lowest BCUT2D eigenvalue weighted by molar-refractivity contribution is -0.147. The molecule has 1 aliphatic heterocycles. The van der Waals surface area contributed by atoms with Crippen molar-refractivity contribution in [2.75, 3.05) is 13.2 Å². The number of carbonyl (C=O) groups excluding carboxylic acids is 2. The lowest BCUT2D eigenvalue weighted by Gasteiger charge is -2.08. The Morgan fingerprint density at radius 1 is 0.950 bits per heavy atom. The molecular formula is C14H26O6. The van der Waals surface area contributed by atoms with Crippen LogP contribution < -0.4 is 0 Å². The summed E-state index contributed by atoms with van der Waals surface area (Å²) in [6.07, 6.45) is 3.97. The first kappa shape index (κ1) is 18.9. The number of hydrogen-bond acceptors (Lipinski definition) is 6. The maximum Gasteiger partial charge on any atom is 0.305 e. The van der Waals surface area contributed by atoms with E-state index in [1.54, 1.807) is 0 Å². The van der Waals surface area contributed by atoms with E-state index < -0.39 is 6.29 Å². The Kier molecular flexibility index (Phi) is 12.1. The molecule has 1 aliphatic rings. The highest BCUT2D eigenvalue weighted by Crippen LogP contribution is 2.05. The Labute approximate surface area is 120 Å². The topological polar surface area (TPSA) is 93.1 Å². The standard InChI is InChI=1S/C10H16O4.C4H10O2/c11-9-5-1-2-6-10(12)14-8-4-3-7-13-9;1-2-3-4(5)6/h1-8H2;4-6H,2-3H2,1H3. The molecule has 1 rings (SSSR count). The highest BCUT2D eigenvalue weighted by atomic mass is 16.5. The molecule has 1 fully saturated rings. The third kappa shape index (κ3) is 13.3. The van der Waals surface area contributed by atoms with Gasteiger partial charge in [-0.1, -0.05) is 13.3 Å². The first-order chi connectivity index (χ1) is 9.56. The van der Waals surface area contributed by atoms with Crippen molar-refractivity contribution >= 4 is 11.9 Å². The summed E-state index contributed by atoms with van der Waals surface area (Å²) < 4.78 is 9.92. The molecule has 0 bridgehead atoms. The Morgan fingerprint density at radius 3 is 1.70 bits per heavy atom. The number of aliphatic hydroxyl groups excluding tert-OH is 1. The van der Waals surface area contributed by atoms with E-state index >= 15 is 0 Å². The molecule has 6 heteroatoms. The van der Waals surface area contributed by atoms with E-state index in [0.717, 1.165) is 19.3 Å². The molecule has 0 atom stereocenters. The largest absolute Gasteiger partial charge is 0.466 e. The maximum atomic E-state index is 11.0. The second-order valence-electron chi connectivity index (χ2n) is 4.62. The van der Waals surface area contributed by atoms with Crippen LogP contribution in [0.25, 0.3) is 0 Å². The van der Waals surface area contributed by atoms with Gasteiger partial charge in [-0.25, -0.2) is 0 Å². The lowest BCUT2D eigenvalue weighted by Crippen LogP contribution is -2.11. The molecule has 2 N–H and O–H groups in total. The van der Waals surface area contributed by atoms with Gasteiger partial charge in [0.25, 0.3) is 0 Å². The Hall–Kier alpha value is -1.14. The fraction of sp³-hybridized carbons (Fsp3) is 0.857. The third-order valence-corrected chi connectivity index (χ3v) is 2.62. The maximum absolute atomic E-state index is 11.0. The van der Waals surface area contributed by atoms with Gasteiger partial charge in [0.1, 0.15) is 0 Å². The second-order valence-corrected chi connectivity index (χ2v) is 4.62. The van der Waals surface area contributed by atoms with Gasteiger partial charge in [-0.2, -0.15) is 0 Å². The van der Waals surface area contributed by atoms with Crippen molar-refractivity contribution in [2.24, 2.45) is 0 Å². The molecule has 0 spiro atoms. The number of ether oxygens (including phenoxy) is 2. The van der Waals surface area contributed by atoms with Gasteiger partial charge in [0.05, 0.1) is 13.2 Å². The van der Waals surface area contributed by atoms with Gasteiger partial charge in [0.2, 0.25) is 0 Å². The van der Waals surface area contributed by atoms with Crippen LogP contribution in [0, 0.1) is 0 Å². The van der Waals surface area contributed by atoms with Crippen molar-refractivity contribution in [1.82, 2.24) is 0 Å². The van der Waals surface area contributed by atoms with Gasteiger partial charge in [0, 0.05) is 12.8 Å². The van der Waals surface area contributed by atoms with Crippen LogP contribution in [0.1, 0.15) is 58.3 Å². The summed E-state index contributed by atoms with van der Waals surface area (Å²) in [6.45, 7) is 2.78. The van der Waals surface area contributed by atoms with E-state index in [4.69, 9.17) is 19.7 Å². The monoisotopic (exact) mass is 290 g/mol. The van der Waals surface area contributed by atoms with Crippen LogP contribution >= 0.6 is 0 Å². The first-order valence-electron chi connectivity index (χ1n) is 7.23. The normalized spacial score (nSPS) is 18.0. The van der Waals surface area contributed by atoms with Crippen LogP contribution in [0.3, 0.4) is 0 Å². The predicted molar refractivity (Wildman–Crippen MR) is 72.8 cm³/mol. The van der Waals surface area contributed by atoms with E-state index in [1.165, 1.54) is 0 Å². The van der Waals surface area contributed by atoms with Gasteiger partial charge in [0.15, 0.2) is 6.29 Å². The summed E-state index contributed by atoms with van der Waals surface area (Å²) in [5.74, 6) is -0.308. The summed E-state index contributed by atoms with van der Waals surface area (Å²) in [5, 5.41) is 16.2. The number of carbonyl (C=O) groups is 2. The highest BCUT2D eigenvalue weighted by molar-refractivity contribution is 5.70. The fourth-order valence-corrected chi connectivity index (χ4v) is 1.52. The number of aliphatic hydroxyl groups is 2. The zero-order valence-corrected chi connectivity index (χ0v) is 12.2. The minimum absolute atomic E-state index is 0.154. The van der Waals surface area contributed by atoms with Crippen molar-refractivity contribution in [3.8, 4) is 0 Å². The quantitative estimate of drug-likeness (QED) is 0.591. The van der Waals surface area contributed by atoms with E-state index in [9.17, 15) is 9.59 Å². The summed E-state index contributed by atoms with van der Waals surface area (Å²) >= 11 is 0. The molecule has 6 nitrogen and oxygen atoms in total. The van der Waals surface area contributed by atoms with Crippen LogP contribution in [0.2, 0.25) is 0 Å². The van der Waals surface area contributed by atoms with E-state index in [0.29, 0.717) is 45.3 Å². The number of cyclic esters (lactones) is 2. The molecule has 0 amide bonds.